The standard InChI is InChI=1S/C25H34N4O2/c1-31-24-11-9-23(10-12-24)28-15-17-29(18-16-28)25(30)26-19-21-7-3-4-8-22(21)20-27-13-5-2-6-14-27/h3-4,7-12H,2,5-6,13-20H2,1H3,(H,26,30). The second-order valence-electron chi connectivity index (χ2n) is 8.44. The van der Waals surface area contributed by atoms with Gasteiger partial charge in [-0.2, -0.15) is 0 Å². The van der Waals surface area contributed by atoms with Crippen molar-refractivity contribution in [3.63, 3.8) is 0 Å². The third-order valence-corrected chi connectivity index (χ3v) is 6.40. The number of urea groups is 1. The van der Waals surface area contributed by atoms with E-state index in [-0.39, 0.29) is 6.03 Å². The van der Waals surface area contributed by atoms with E-state index in [0.717, 1.165) is 38.5 Å². The first-order chi connectivity index (χ1) is 15.2. The van der Waals surface area contributed by atoms with Gasteiger partial charge < -0.3 is 19.9 Å². The third kappa shape index (κ3) is 5.70. The van der Waals surface area contributed by atoms with Crippen molar-refractivity contribution in [3.05, 3.63) is 59.7 Å². The molecule has 0 saturated carbocycles. The topological polar surface area (TPSA) is 48.1 Å². The van der Waals surface area contributed by atoms with Crippen molar-refractivity contribution in [2.24, 2.45) is 0 Å². The number of piperidine rings is 1. The molecule has 0 unspecified atom stereocenters. The van der Waals surface area contributed by atoms with Crippen LogP contribution in [-0.2, 0) is 13.1 Å². The van der Waals surface area contributed by atoms with Crippen LogP contribution in [-0.4, -0.2) is 62.2 Å². The lowest BCUT2D eigenvalue weighted by atomic mass is 10.0. The van der Waals surface area contributed by atoms with Crippen molar-refractivity contribution in [2.75, 3.05) is 51.3 Å². The fourth-order valence-electron chi connectivity index (χ4n) is 4.49. The van der Waals surface area contributed by atoms with Crippen LogP contribution in [0.5, 0.6) is 5.75 Å². The largest absolute Gasteiger partial charge is 0.497 e. The quantitative estimate of drug-likeness (QED) is 0.771. The highest BCUT2D eigenvalue weighted by Gasteiger charge is 2.21. The Morgan fingerprint density at radius 3 is 2.23 bits per heavy atom. The summed E-state index contributed by atoms with van der Waals surface area (Å²) in [7, 11) is 1.68. The van der Waals surface area contributed by atoms with Gasteiger partial charge in [0.1, 0.15) is 5.75 Å². The highest BCUT2D eigenvalue weighted by atomic mass is 16.5. The van der Waals surface area contributed by atoms with Gasteiger partial charge in [0.25, 0.3) is 0 Å². The molecule has 6 heteroatoms. The van der Waals surface area contributed by atoms with Gasteiger partial charge in [0.15, 0.2) is 0 Å². The Kier molecular flexibility index (Phi) is 7.30. The zero-order valence-corrected chi connectivity index (χ0v) is 18.6. The molecule has 0 aromatic heterocycles. The number of piperazine rings is 1. The van der Waals surface area contributed by atoms with Crippen molar-refractivity contribution < 1.29 is 9.53 Å². The van der Waals surface area contributed by atoms with E-state index in [0.29, 0.717) is 6.54 Å². The zero-order chi connectivity index (χ0) is 21.5. The van der Waals surface area contributed by atoms with Crippen LogP contribution in [0.3, 0.4) is 0 Å². The van der Waals surface area contributed by atoms with Crippen molar-refractivity contribution in [1.82, 2.24) is 15.1 Å². The second kappa shape index (κ2) is 10.5. The maximum atomic E-state index is 12.8. The molecule has 0 spiro atoms. The Balaban J connectivity index is 1.27. The summed E-state index contributed by atoms with van der Waals surface area (Å²) < 4.78 is 5.24. The Bertz CT molecular complexity index is 841. The van der Waals surface area contributed by atoms with Crippen LogP contribution in [0.1, 0.15) is 30.4 Å². The van der Waals surface area contributed by atoms with Gasteiger partial charge >= 0.3 is 6.03 Å². The molecule has 0 radical (unpaired) electrons. The van der Waals surface area contributed by atoms with Crippen LogP contribution in [0.2, 0.25) is 0 Å². The van der Waals surface area contributed by atoms with Crippen LogP contribution in [0, 0.1) is 0 Å². The highest BCUT2D eigenvalue weighted by molar-refractivity contribution is 5.74. The van der Waals surface area contributed by atoms with E-state index in [1.54, 1.807) is 7.11 Å². The lowest BCUT2D eigenvalue weighted by Gasteiger charge is -2.36. The summed E-state index contributed by atoms with van der Waals surface area (Å²) in [5, 5.41) is 3.15. The fourth-order valence-corrected chi connectivity index (χ4v) is 4.49. The molecule has 2 saturated heterocycles. The molecular formula is C25H34N4O2. The average molecular weight is 423 g/mol. The van der Waals surface area contributed by atoms with Crippen molar-refractivity contribution in [1.29, 1.82) is 0 Å². The van der Waals surface area contributed by atoms with Gasteiger partial charge in [-0.05, 0) is 61.3 Å². The number of carbonyl (C=O) groups excluding carboxylic acids is 1. The maximum absolute atomic E-state index is 12.8. The Morgan fingerprint density at radius 2 is 1.55 bits per heavy atom. The molecule has 2 aromatic rings. The molecule has 166 valence electrons. The summed E-state index contributed by atoms with van der Waals surface area (Å²) in [5.74, 6) is 0.863. The summed E-state index contributed by atoms with van der Waals surface area (Å²) in [5.41, 5.74) is 3.72. The first-order valence-corrected chi connectivity index (χ1v) is 11.4. The summed E-state index contributed by atoms with van der Waals surface area (Å²) >= 11 is 0. The van der Waals surface area contributed by atoms with E-state index in [9.17, 15) is 4.79 Å². The Morgan fingerprint density at radius 1 is 0.871 bits per heavy atom. The molecule has 0 bridgehead atoms. The first kappa shape index (κ1) is 21.5. The molecule has 2 aromatic carbocycles. The van der Waals surface area contributed by atoms with E-state index in [1.165, 1.54) is 49.2 Å². The molecule has 2 aliphatic rings. The number of rotatable bonds is 6. The smallest absolute Gasteiger partial charge is 0.317 e. The van der Waals surface area contributed by atoms with Crippen LogP contribution in [0.25, 0.3) is 0 Å². The van der Waals surface area contributed by atoms with Crippen LogP contribution in [0.15, 0.2) is 48.5 Å². The number of anilines is 1. The van der Waals surface area contributed by atoms with E-state index in [1.807, 2.05) is 17.0 Å². The molecule has 6 nitrogen and oxygen atoms in total. The molecule has 2 amide bonds. The van der Waals surface area contributed by atoms with E-state index in [4.69, 9.17) is 4.74 Å². The lowest BCUT2D eigenvalue weighted by molar-refractivity contribution is 0.193. The Hall–Kier alpha value is -2.73. The minimum Gasteiger partial charge on any atom is -0.497 e. The average Bonchev–Trinajstić information content (AvgIpc) is 2.84. The molecule has 2 aliphatic heterocycles. The Labute approximate surface area is 185 Å². The lowest BCUT2D eigenvalue weighted by Crippen LogP contribution is -2.51. The summed E-state index contributed by atoms with van der Waals surface area (Å²) in [4.78, 5) is 19.5. The minimum absolute atomic E-state index is 0.0298. The molecule has 0 aliphatic carbocycles. The van der Waals surface area contributed by atoms with Crippen LogP contribution < -0.4 is 15.0 Å². The van der Waals surface area contributed by atoms with Gasteiger partial charge in [-0.25, -0.2) is 4.79 Å². The number of nitrogens with one attached hydrogen (secondary N) is 1. The van der Waals surface area contributed by atoms with Crippen molar-refractivity contribution in [2.45, 2.75) is 32.4 Å². The number of amides is 2. The summed E-state index contributed by atoms with van der Waals surface area (Å²) in [6, 6.07) is 16.7. The number of methoxy groups -OCH3 is 1. The predicted octanol–water partition coefficient (Wildman–Crippen LogP) is 3.71. The first-order valence-electron chi connectivity index (χ1n) is 11.4. The summed E-state index contributed by atoms with van der Waals surface area (Å²) in [6.07, 6.45) is 3.93. The SMILES string of the molecule is COc1ccc(N2CCN(C(=O)NCc3ccccc3CN3CCCCC3)CC2)cc1. The van der Waals surface area contributed by atoms with Crippen molar-refractivity contribution in [3.8, 4) is 5.75 Å². The third-order valence-electron chi connectivity index (χ3n) is 6.40. The number of carbonyl (C=O) groups is 1. The summed E-state index contributed by atoms with van der Waals surface area (Å²) in [6.45, 7) is 7.06. The highest BCUT2D eigenvalue weighted by Crippen LogP contribution is 2.21. The molecule has 4 rings (SSSR count). The molecule has 31 heavy (non-hydrogen) atoms. The zero-order valence-electron chi connectivity index (χ0n) is 18.6. The predicted molar refractivity (Wildman–Crippen MR) is 125 cm³/mol. The number of hydrogen-bond donors (Lipinski definition) is 1. The number of nitrogens with zero attached hydrogens (tertiary/aromatic N) is 3. The van der Waals surface area contributed by atoms with Gasteiger partial charge in [0.2, 0.25) is 0 Å². The van der Waals surface area contributed by atoms with Gasteiger partial charge in [-0.15, -0.1) is 0 Å². The number of hydrogen-bond acceptors (Lipinski definition) is 4. The van der Waals surface area contributed by atoms with E-state index in [2.05, 4.69) is 51.5 Å². The normalized spacial score (nSPS) is 17.5. The van der Waals surface area contributed by atoms with Gasteiger partial charge in [-0.3, -0.25) is 4.90 Å². The number of ether oxygens (including phenoxy) is 1. The molecule has 0 atom stereocenters. The molecule has 2 fully saturated rings. The maximum Gasteiger partial charge on any atom is 0.317 e. The van der Waals surface area contributed by atoms with E-state index < -0.39 is 0 Å². The minimum atomic E-state index is 0.0298. The molecule has 1 N–H and O–H groups in total. The van der Waals surface area contributed by atoms with Gasteiger partial charge in [0, 0.05) is 45.0 Å². The number of benzene rings is 2. The molecular weight excluding hydrogens is 388 g/mol. The second-order valence-corrected chi connectivity index (χ2v) is 8.44. The van der Waals surface area contributed by atoms with E-state index >= 15 is 0 Å². The van der Waals surface area contributed by atoms with Crippen LogP contribution >= 0.6 is 0 Å². The monoisotopic (exact) mass is 422 g/mol. The van der Waals surface area contributed by atoms with Gasteiger partial charge in [-0.1, -0.05) is 30.7 Å². The van der Waals surface area contributed by atoms with Crippen LogP contribution in [0.4, 0.5) is 10.5 Å². The fraction of sp³-hybridized carbons (Fsp3) is 0.480. The number of likely N-dealkylation sites (tertiary alicyclic amines) is 1. The van der Waals surface area contributed by atoms with Gasteiger partial charge in [0.05, 0.1) is 7.11 Å². The molecule has 2 heterocycles. The van der Waals surface area contributed by atoms with Crippen molar-refractivity contribution >= 4 is 11.7 Å².